The summed E-state index contributed by atoms with van der Waals surface area (Å²) in [6.45, 7) is 5.40. The van der Waals surface area contributed by atoms with Gasteiger partial charge in [-0.05, 0) is 32.8 Å². The molecule has 2 aliphatic rings. The minimum Gasteiger partial charge on any atom is -0.481 e. The van der Waals surface area contributed by atoms with Crippen LogP contribution in [0.1, 0.15) is 37.1 Å². The maximum atomic E-state index is 12.5. The molecular formula is C18H26N4O4. The van der Waals surface area contributed by atoms with Crippen LogP contribution in [0.4, 0.5) is 0 Å². The number of hydrogen-bond donors (Lipinski definition) is 1. The highest BCUT2D eigenvalue weighted by molar-refractivity contribution is 5.88. The molecule has 26 heavy (non-hydrogen) atoms. The second kappa shape index (κ2) is 6.74. The van der Waals surface area contributed by atoms with E-state index in [1.165, 1.54) is 0 Å². The number of piperidine rings is 1. The van der Waals surface area contributed by atoms with Crippen molar-refractivity contribution in [1.29, 1.82) is 0 Å². The van der Waals surface area contributed by atoms with Gasteiger partial charge in [0.15, 0.2) is 0 Å². The summed E-state index contributed by atoms with van der Waals surface area (Å²) in [5.41, 5.74) is 1.31. The monoisotopic (exact) mass is 362 g/mol. The van der Waals surface area contributed by atoms with Crippen LogP contribution in [0.5, 0.6) is 0 Å². The number of aryl methyl sites for hydroxylation is 3. The molecule has 0 aromatic carbocycles. The van der Waals surface area contributed by atoms with Gasteiger partial charge in [0.05, 0.1) is 17.2 Å². The number of carboxylic acid groups (broad SMARTS) is 1. The van der Waals surface area contributed by atoms with E-state index in [1.807, 2.05) is 24.6 Å². The third kappa shape index (κ3) is 3.08. The quantitative estimate of drug-likeness (QED) is 0.855. The Morgan fingerprint density at radius 1 is 1.31 bits per heavy atom. The first kappa shape index (κ1) is 18.4. The topological polar surface area (TPSA) is 95.7 Å². The van der Waals surface area contributed by atoms with Gasteiger partial charge in [0.25, 0.3) is 0 Å². The maximum absolute atomic E-state index is 12.5. The van der Waals surface area contributed by atoms with Gasteiger partial charge in [0.2, 0.25) is 11.8 Å². The van der Waals surface area contributed by atoms with Crippen molar-refractivity contribution in [2.45, 2.75) is 51.6 Å². The van der Waals surface area contributed by atoms with E-state index in [1.54, 1.807) is 16.8 Å². The maximum Gasteiger partial charge on any atom is 0.309 e. The molecule has 0 aliphatic carbocycles. The average Bonchev–Trinajstić information content (AvgIpc) is 3.04. The molecule has 8 nitrogen and oxygen atoms in total. The van der Waals surface area contributed by atoms with Crippen molar-refractivity contribution in [3.05, 3.63) is 17.5 Å². The van der Waals surface area contributed by atoms with Crippen molar-refractivity contribution in [2.75, 3.05) is 20.1 Å². The number of carbonyl (C=O) groups excluding carboxylic acids is 2. The predicted molar refractivity (Wildman–Crippen MR) is 93.4 cm³/mol. The van der Waals surface area contributed by atoms with E-state index in [4.69, 9.17) is 0 Å². The van der Waals surface area contributed by atoms with E-state index in [0.29, 0.717) is 38.9 Å². The Morgan fingerprint density at radius 2 is 1.96 bits per heavy atom. The number of aliphatic carboxylic acids is 1. The summed E-state index contributed by atoms with van der Waals surface area (Å²) < 4.78 is 1.84. The van der Waals surface area contributed by atoms with Crippen molar-refractivity contribution in [3.8, 4) is 0 Å². The Labute approximate surface area is 152 Å². The number of hydrogen-bond acceptors (Lipinski definition) is 4. The number of carbonyl (C=O) groups is 3. The van der Waals surface area contributed by atoms with Crippen molar-refractivity contribution < 1.29 is 19.5 Å². The van der Waals surface area contributed by atoms with Crippen molar-refractivity contribution in [3.63, 3.8) is 0 Å². The highest BCUT2D eigenvalue weighted by Gasteiger charge is 2.55. The first-order chi connectivity index (χ1) is 12.2. The van der Waals surface area contributed by atoms with Crippen LogP contribution in [0.15, 0.2) is 6.07 Å². The Morgan fingerprint density at radius 3 is 2.50 bits per heavy atom. The molecule has 1 N–H and O–H groups in total. The Bertz CT molecular complexity index is 734. The largest absolute Gasteiger partial charge is 0.481 e. The number of aromatic nitrogens is 2. The summed E-state index contributed by atoms with van der Waals surface area (Å²) in [6.07, 6.45) is 1.44. The summed E-state index contributed by atoms with van der Waals surface area (Å²) in [5, 5.41) is 13.9. The van der Waals surface area contributed by atoms with Gasteiger partial charge in [-0.3, -0.25) is 19.1 Å². The molecule has 1 aromatic heterocycles. The van der Waals surface area contributed by atoms with Crippen LogP contribution in [-0.2, 0) is 20.9 Å². The highest BCUT2D eigenvalue weighted by Crippen LogP contribution is 2.42. The molecule has 0 saturated carbocycles. The van der Waals surface area contributed by atoms with Gasteiger partial charge < -0.3 is 14.9 Å². The lowest BCUT2D eigenvalue weighted by atomic mass is 9.77. The molecule has 8 heteroatoms. The number of nitrogens with zero attached hydrogens (tertiary/aromatic N) is 4. The van der Waals surface area contributed by atoms with E-state index in [9.17, 15) is 19.5 Å². The van der Waals surface area contributed by atoms with Crippen LogP contribution in [-0.4, -0.2) is 68.1 Å². The van der Waals surface area contributed by atoms with Crippen LogP contribution in [0.3, 0.4) is 0 Å². The van der Waals surface area contributed by atoms with Gasteiger partial charge in [0, 0.05) is 45.2 Å². The molecule has 2 amide bonds. The molecule has 1 spiro atoms. The van der Waals surface area contributed by atoms with Crippen LogP contribution in [0.25, 0.3) is 0 Å². The van der Waals surface area contributed by atoms with Crippen molar-refractivity contribution in [1.82, 2.24) is 19.6 Å². The predicted octanol–water partition coefficient (Wildman–Crippen LogP) is 0.814. The molecule has 3 rings (SSSR count). The first-order valence-corrected chi connectivity index (χ1v) is 9.03. The number of rotatable bonds is 4. The normalized spacial score (nSPS) is 22.3. The molecule has 1 atom stereocenters. The van der Waals surface area contributed by atoms with Crippen LogP contribution >= 0.6 is 0 Å². The SMILES string of the molecule is Cc1cc(C)n(CCC(=O)N2CCC3(CC2)[C@H](C(=O)O)CC(=O)N3C)n1. The molecule has 2 aliphatic heterocycles. The third-order valence-electron chi connectivity index (χ3n) is 5.99. The van der Waals surface area contributed by atoms with Crippen LogP contribution in [0.2, 0.25) is 0 Å². The summed E-state index contributed by atoms with van der Waals surface area (Å²) >= 11 is 0. The third-order valence-corrected chi connectivity index (χ3v) is 5.99. The average molecular weight is 362 g/mol. The second-order valence-corrected chi connectivity index (χ2v) is 7.43. The zero-order chi connectivity index (χ0) is 19.1. The second-order valence-electron chi connectivity index (χ2n) is 7.43. The van der Waals surface area contributed by atoms with Gasteiger partial charge in [-0.2, -0.15) is 5.10 Å². The lowest BCUT2D eigenvalue weighted by Crippen LogP contribution is -2.57. The van der Waals surface area contributed by atoms with Crippen LogP contribution < -0.4 is 0 Å². The molecule has 2 fully saturated rings. The summed E-state index contributed by atoms with van der Waals surface area (Å²) in [5.74, 6) is -1.69. The van der Waals surface area contributed by atoms with Gasteiger partial charge in [-0.15, -0.1) is 0 Å². The Kier molecular flexibility index (Phi) is 4.77. The Balaban J connectivity index is 1.60. The Hall–Kier alpha value is -2.38. The summed E-state index contributed by atoms with van der Waals surface area (Å²) in [7, 11) is 1.69. The molecule has 142 valence electrons. The zero-order valence-electron chi connectivity index (χ0n) is 15.6. The molecule has 0 radical (unpaired) electrons. The zero-order valence-corrected chi connectivity index (χ0v) is 15.6. The lowest BCUT2D eigenvalue weighted by molar-refractivity contribution is -0.147. The fourth-order valence-electron chi connectivity index (χ4n) is 4.39. The number of amides is 2. The number of likely N-dealkylation sites (tertiary alicyclic amines) is 2. The van der Waals surface area contributed by atoms with Crippen molar-refractivity contribution in [2.24, 2.45) is 5.92 Å². The standard InChI is InChI=1S/C18H26N4O4/c1-12-10-13(2)22(19-12)7-4-15(23)21-8-5-18(6-9-21)14(17(25)26)11-16(24)20(18)3/h10,14H,4-9,11H2,1-3H3,(H,25,26)/t14-/m0/s1. The summed E-state index contributed by atoms with van der Waals surface area (Å²) in [6, 6.07) is 1.98. The highest BCUT2D eigenvalue weighted by atomic mass is 16.4. The fourth-order valence-corrected chi connectivity index (χ4v) is 4.39. The molecule has 0 bridgehead atoms. The van der Waals surface area contributed by atoms with Gasteiger partial charge >= 0.3 is 5.97 Å². The molecule has 0 unspecified atom stereocenters. The smallest absolute Gasteiger partial charge is 0.309 e. The first-order valence-electron chi connectivity index (χ1n) is 9.03. The molecule has 3 heterocycles. The minimum atomic E-state index is -0.924. The summed E-state index contributed by atoms with van der Waals surface area (Å²) in [4.78, 5) is 39.6. The van der Waals surface area contributed by atoms with Crippen molar-refractivity contribution >= 4 is 17.8 Å². The minimum absolute atomic E-state index is 0.0475. The van der Waals surface area contributed by atoms with Gasteiger partial charge in [-0.25, -0.2) is 0 Å². The van der Waals surface area contributed by atoms with E-state index >= 15 is 0 Å². The molecule has 2 saturated heterocycles. The fraction of sp³-hybridized carbons (Fsp3) is 0.667. The van der Waals surface area contributed by atoms with E-state index in [-0.39, 0.29) is 18.2 Å². The lowest BCUT2D eigenvalue weighted by Gasteiger charge is -2.45. The van der Waals surface area contributed by atoms with E-state index in [0.717, 1.165) is 11.4 Å². The molecular weight excluding hydrogens is 336 g/mol. The van der Waals surface area contributed by atoms with Gasteiger partial charge in [-0.1, -0.05) is 0 Å². The number of carboxylic acids is 1. The van der Waals surface area contributed by atoms with E-state index in [2.05, 4.69) is 5.10 Å². The van der Waals surface area contributed by atoms with E-state index < -0.39 is 17.4 Å². The van der Waals surface area contributed by atoms with Gasteiger partial charge in [0.1, 0.15) is 0 Å². The van der Waals surface area contributed by atoms with Crippen LogP contribution in [0, 0.1) is 19.8 Å². The molecule has 1 aromatic rings.